The Bertz CT molecular complexity index is 690. The van der Waals surface area contributed by atoms with Crippen LogP contribution in [0.3, 0.4) is 0 Å². The van der Waals surface area contributed by atoms with Crippen molar-refractivity contribution in [3.63, 3.8) is 0 Å². The monoisotopic (exact) mass is 332 g/mol. The minimum Gasteiger partial charge on any atom is -0.324 e. The maximum absolute atomic E-state index is 12.4. The third-order valence-electron chi connectivity index (χ3n) is 3.72. The minimum atomic E-state index is -0.0834. The zero-order valence-electron chi connectivity index (χ0n) is 13.3. The Labute approximate surface area is 142 Å². The lowest BCUT2D eigenvalue weighted by atomic mass is 10.1. The van der Waals surface area contributed by atoms with Gasteiger partial charge in [-0.1, -0.05) is 12.1 Å². The van der Waals surface area contributed by atoms with Gasteiger partial charge in [-0.2, -0.15) is 0 Å². The summed E-state index contributed by atoms with van der Waals surface area (Å²) in [6.07, 6.45) is 2.75. The van der Waals surface area contributed by atoms with Crippen molar-refractivity contribution in [1.29, 1.82) is 0 Å². The van der Waals surface area contributed by atoms with Gasteiger partial charge in [0.2, 0.25) is 0 Å². The molecule has 0 atom stereocenters. The molecule has 0 bridgehead atoms. The zero-order valence-corrected chi connectivity index (χ0v) is 14.1. The lowest BCUT2D eigenvalue weighted by molar-refractivity contribution is 0.102. The molecule has 0 fully saturated rings. The van der Waals surface area contributed by atoms with Gasteiger partial charge in [0.1, 0.15) is 0 Å². The summed E-state index contributed by atoms with van der Waals surface area (Å²) in [7, 11) is 4.13. The van der Waals surface area contributed by atoms with Crippen molar-refractivity contribution < 1.29 is 4.79 Å². The maximum Gasteiger partial charge on any atom is 0.257 e. The highest BCUT2D eigenvalue weighted by Crippen LogP contribution is 2.35. The predicted octanol–water partition coefficient (Wildman–Crippen LogP) is 3.16. The lowest BCUT2D eigenvalue weighted by Crippen LogP contribution is -2.24. The summed E-state index contributed by atoms with van der Waals surface area (Å²) >= 11 is 0. The van der Waals surface area contributed by atoms with Crippen molar-refractivity contribution in [3.8, 4) is 0 Å². The molecule has 0 radical (unpaired) electrons. The summed E-state index contributed by atoms with van der Waals surface area (Å²) < 4.78 is 0. The summed E-state index contributed by atoms with van der Waals surface area (Å²) in [5.74, 6) is 0.722. The molecule has 1 N–H and O–H groups in total. The van der Waals surface area contributed by atoms with E-state index < -0.39 is 0 Å². The highest BCUT2D eigenvalue weighted by atomic mass is 35.5. The van der Waals surface area contributed by atoms with Crippen molar-refractivity contribution in [3.05, 3.63) is 48.2 Å². The highest BCUT2D eigenvalue weighted by Gasteiger charge is 2.25. The summed E-state index contributed by atoms with van der Waals surface area (Å²) in [5.41, 5.74) is 2.36. The molecule has 122 valence electrons. The molecule has 6 heteroatoms. The van der Waals surface area contributed by atoms with E-state index in [2.05, 4.69) is 34.2 Å². The van der Waals surface area contributed by atoms with Crippen LogP contribution in [0.4, 0.5) is 17.2 Å². The van der Waals surface area contributed by atoms with Gasteiger partial charge in [-0.25, -0.2) is 4.98 Å². The summed E-state index contributed by atoms with van der Waals surface area (Å²) in [5, 5.41) is 2.95. The van der Waals surface area contributed by atoms with Crippen LogP contribution < -0.4 is 10.2 Å². The number of benzene rings is 1. The molecular formula is C17H21ClN4O. The first-order chi connectivity index (χ1) is 10.7. The summed E-state index contributed by atoms with van der Waals surface area (Å²) in [6, 6.07) is 11.4. The molecule has 1 aromatic heterocycles. The molecule has 5 nitrogen and oxygen atoms in total. The smallest absolute Gasteiger partial charge is 0.257 e. The van der Waals surface area contributed by atoms with Gasteiger partial charge < -0.3 is 15.1 Å². The first kappa shape index (κ1) is 17.2. The van der Waals surface area contributed by atoms with Gasteiger partial charge in [0.25, 0.3) is 5.91 Å². The molecule has 0 saturated carbocycles. The van der Waals surface area contributed by atoms with Crippen LogP contribution in [0, 0.1) is 0 Å². The molecular weight excluding hydrogens is 312 g/mol. The fourth-order valence-corrected chi connectivity index (χ4v) is 2.69. The Balaban J connectivity index is 0.00000192. The van der Waals surface area contributed by atoms with E-state index in [1.165, 1.54) is 0 Å². The van der Waals surface area contributed by atoms with Crippen molar-refractivity contribution in [2.24, 2.45) is 0 Å². The van der Waals surface area contributed by atoms with Gasteiger partial charge in [0.15, 0.2) is 5.82 Å². The van der Waals surface area contributed by atoms with Gasteiger partial charge in [-0.3, -0.25) is 4.79 Å². The Hall–Kier alpha value is -2.11. The third-order valence-corrected chi connectivity index (χ3v) is 3.72. The second-order valence-electron chi connectivity index (χ2n) is 5.65. The van der Waals surface area contributed by atoms with Crippen molar-refractivity contribution in [2.45, 2.75) is 6.42 Å². The molecule has 1 aliphatic rings. The topological polar surface area (TPSA) is 48.5 Å². The van der Waals surface area contributed by atoms with Crippen LogP contribution in [0.5, 0.6) is 0 Å². The van der Waals surface area contributed by atoms with E-state index in [1.807, 2.05) is 36.4 Å². The molecule has 0 spiro atoms. The maximum atomic E-state index is 12.4. The quantitative estimate of drug-likeness (QED) is 0.934. The highest BCUT2D eigenvalue weighted by molar-refractivity contribution is 6.11. The predicted molar refractivity (Wildman–Crippen MR) is 96.1 cm³/mol. The summed E-state index contributed by atoms with van der Waals surface area (Å²) in [4.78, 5) is 21.2. The lowest BCUT2D eigenvalue weighted by Gasteiger charge is -2.25. The number of halogens is 1. The van der Waals surface area contributed by atoms with E-state index in [9.17, 15) is 4.79 Å². The number of nitrogens with zero attached hydrogens (tertiary/aromatic N) is 3. The molecule has 0 unspecified atom stereocenters. The van der Waals surface area contributed by atoms with E-state index in [0.717, 1.165) is 36.7 Å². The van der Waals surface area contributed by atoms with Gasteiger partial charge in [-0.15, -0.1) is 12.4 Å². The molecule has 1 aliphatic heterocycles. The third kappa shape index (κ3) is 3.63. The van der Waals surface area contributed by atoms with Crippen LogP contribution in [0.2, 0.25) is 0 Å². The average molecular weight is 333 g/mol. The molecule has 23 heavy (non-hydrogen) atoms. The number of carbonyl (C=O) groups excluding carboxylic acids is 1. The van der Waals surface area contributed by atoms with Gasteiger partial charge in [-0.05, 0) is 51.3 Å². The molecule has 1 amide bonds. The van der Waals surface area contributed by atoms with E-state index in [4.69, 9.17) is 0 Å². The van der Waals surface area contributed by atoms with Crippen LogP contribution in [0.15, 0.2) is 42.6 Å². The first-order valence-electron chi connectivity index (χ1n) is 7.44. The Morgan fingerprint density at radius 3 is 2.74 bits per heavy atom. The van der Waals surface area contributed by atoms with Crippen molar-refractivity contribution >= 4 is 35.5 Å². The van der Waals surface area contributed by atoms with Gasteiger partial charge in [0, 0.05) is 12.7 Å². The number of nitrogens with one attached hydrogen (secondary N) is 1. The number of hydrogen-bond acceptors (Lipinski definition) is 4. The SMILES string of the molecule is CN(C)CCCN1c2ccccc2C(=O)Nc2cccnc21.Cl. The molecule has 0 saturated heterocycles. The zero-order chi connectivity index (χ0) is 15.5. The largest absolute Gasteiger partial charge is 0.324 e. The fourth-order valence-electron chi connectivity index (χ4n) is 2.69. The Morgan fingerprint density at radius 1 is 1.17 bits per heavy atom. The van der Waals surface area contributed by atoms with Gasteiger partial charge in [0.05, 0.1) is 16.9 Å². The standard InChI is InChI=1S/C17H20N4O.ClH/c1-20(2)11-6-12-21-15-9-4-3-7-13(15)17(22)19-14-8-5-10-18-16(14)21;/h3-5,7-10H,6,11-12H2,1-2H3,(H,19,22);1H. The van der Waals surface area contributed by atoms with E-state index in [0.29, 0.717) is 5.56 Å². The minimum absolute atomic E-state index is 0. The normalized spacial score (nSPS) is 12.8. The van der Waals surface area contributed by atoms with Crippen LogP contribution >= 0.6 is 12.4 Å². The number of para-hydroxylation sites is 1. The van der Waals surface area contributed by atoms with Crippen LogP contribution in [-0.4, -0.2) is 43.0 Å². The van der Waals surface area contributed by atoms with Crippen LogP contribution in [0.1, 0.15) is 16.8 Å². The molecule has 1 aromatic carbocycles. The van der Waals surface area contributed by atoms with E-state index in [-0.39, 0.29) is 18.3 Å². The van der Waals surface area contributed by atoms with Crippen LogP contribution in [-0.2, 0) is 0 Å². The second kappa shape index (κ2) is 7.44. The number of anilines is 3. The molecule has 3 rings (SSSR count). The number of amides is 1. The van der Waals surface area contributed by atoms with Crippen molar-refractivity contribution in [1.82, 2.24) is 9.88 Å². The van der Waals surface area contributed by atoms with Gasteiger partial charge >= 0.3 is 0 Å². The first-order valence-corrected chi connectivity index (χ1v) is 7.44. The average Bonchev–Trinajstić information content (AvgIpc) is 2.63. The molecule has 0 aliphatic carbocycles. The van der Waals surface area contributed by atoms with E-state index >= 15 is 0 Å². The fraction of sp³-hybridized carbons (Fsp3) is 0.294. The summed E-state index contributed by atoms with van der Waals surface area (Å²) in [6.45, 7) is 1.80. The second-order valence-corrected chi connectivity index (χ2v) is 5.65. The Kier molecular flexibility index (Phi) is 5.58. The Morgan fingerprint density at radius 2 is 1.96 bits per heavy atom. The van der Waals surface area contributed by atoms with E-state index in [1.54, 1.807) is 6.20 Å². The number of hydrogen-bond donors (Lipinski definition) is 1. The molecule has 2 aromatic rings. The van der Waals surface area contributed by atoms with Crippen molar-refractivity contribution in [2.75, 3.05) is 37.4 Å². The number of rotatable bonds is 4. The van der Waals surface area contributed by atoms with Crippen LogP contribution in [0.25, 0.3) is 0 Å². The number of pyridine rings is 1. The number of fused-ring (bicyclic) bond motifs is 2. The number of aromatic nitrogens is 1. The number of carbonyl (C=O) groups is 1. The molecule has 2 heterocycles.